The molecule has 0 bridgehead atoms. The maximum Gasteiger partial charge on any atom is 0.317 e. The minimum atomic E-state index is -3.64. The largest absolute Gasteiger partial charge is 0.334 e. The number of piperazine rings is 1. The van der Waals surface area contributed by atoms with Gasteiger partial charge < -0.3 is 10.2 Å². The molecule has 0 radical (unpaired) electrons. The summed E-state index contributed by atoms with van der Waals surface area (Å²) in [6.07, 6.45) is 0. The molecular formula is C18H18BrF2N3O3S. The van der Waals surface area contributed by atoms with E-state index in [1.54, 1.807) is 12.1 Å². The lowest BCUT2D eigenvalue weighted by atomic mass is 10.2. The van der Waals surface area contributed by atoms with Gasteiger partial charge in [-0.05, 0) is 35.9 Å². The maximum atomic E-state index is 13.2. The van der Waals surface area contributed by atoms with Crippen LogP contribution in [0, 0.1) is 11.6 Å². The van der Waals surface area contributed by atoms with Crippen molar-refractivity contribution in [3.05, 3.63) is 64.1 Å². The number of urea groups is 1. The van der Waals surface area contributed by atoms with Crippen molar-refractivity contribution < 1.29 is 22.0 Å². The van der Waals surface area contributed by atoms with Crippen molar-refractivity contribution in [1.82, 2.24) is 14.5 Å². The zero-order chi connectivity index (χ0) is 20.3. The molecule has 0 atom stereocenters. The summed E-state index contributed by atoms with van der Waals surface area (Å²) in [7, 11) is -3.64. The highest BCUT2D eigenvalue weighted by Crippen LogP contribution is 2.21. The fraction of sp³-hybridized carbons (Fsp3) is 0.278. The van der Waals surface area contributed by atoms with Crippen molar-refractivity contribution in [2.45, 2.75) is 11.4 Å². The zero-order valence-corrected chi connectivity index (χ0v) is 17.1. The second-order valence-electron chi connectivity index (χ2n) is 6.28. The van der Waals surface area contributed by atoms with Gasteiger partial charge in [0.05, 0.1) is 4.90 Å². The van der Waals surface area contributed by atoms with Gasteiger partial charge in [-0.25, -0.2) is 22.0 Å². The van der Waals surface area contributed by atoms with Crippen molar-refractivity contribution >= 4 is 32.0 Å². The zero-order valence-electron chi connectivity index (χ0n) is 14.7. The highest BCUT2D eigenvalue weighted by molar-refractivity contribution is 9.10. The summed E-state index contributed by atoms with van der Waals surface area (Å²) in [5.74, 6) is -1.42. The summed E-state index contributed by atoms with van der Waals surface area (Å²) in [6.45, 7) is 0.741. The van der Waals surface area contributed by atoms with E-state index in [2.05, 4.69) is 21.2 Å². The second-order valence-corrected chi connectivity index (χ2v) is 9.14. The predicted octanol–water partition coefficient (Wildman–Crippen LogP) is 2.94. The molecule has 6 nitrogen and oxygen atoms in total. The van der Waals surface area contributed by atoms with Gasteiger partial charge in [-0.3, -0.25) is 0 Å². The van der Waals surface area contributed by atoms with Gasteiger partial charge in [0.25, 0.3) is 0 Å². The number of carbonyl (C=O) groups is 1. The summed E-state index contributed by atoms with van der Waals surface area (Å²) in [6, 6.07) is 9.09. The van der Waals surface area contributed by atoms with Gasteiger partial charge in [-0.15, -0.1) is 0 Å². The average molecular weight is 474 g/mol. The first-order valence-corrected chi connectivity index (χ1v) is 10.7. The van der Waals surface area contributed by atoms with Gasteiger partial charge in [-0.1, -0.05) is 22.0 Å². The Hall–Kier alpha value is -2.04. The normalized spacial score (nSPS) is 15.5. The molecule has 2 aromatic rings. The van der Waals surface area contributed by atoms with Crippen molar-refractivity contribution in [2.24, 2.45) is 0 Å². The first-order valence-electron chi connectivity index (χ1n) is 8.49. The van der Waals surface area contributed by atoms with E-state index >= 15 is 0 Å². The van der Waals surface area contributed by atoms with Gasteiger partial charge in [0, 0.05) is 43.3 Å². The molecule has 0 aromatic heterocycles. The molecule has 150 valence electrons. The van der Waals surface area contributed by atoms with E-state index in [4.69, 9.17) is 0 Å². The first kappa shape index (κ1) is 20.7. The molecule has 1 heterocycles. The number of sulfonamides is 1. The Labute approximate surface area is 170 Å². The lowest BCUT2D eigenvalue weighted by Gasteiger charge is -2.34. The van der Waals surface area contributed by atoms with Crippen LogP contribution in [0.2, 0.25) is 0 Å². The number of nitrogens with zero attached hydrogens (tertiary/aromatic N) is 2. The number of nitrogens with one attached hydrogen (secondary N) is 1. The minimum absolute atomic E-state index is 0.0237. The topological polar surface area (TPSA) is 69.7 Å². The van der Waals surface area contributed by atoms with Crippen LogP contribution in [0.3, 0.4) is 0 Å². The van der Waals surface area contributed by atoms with Crippen molar-refractivity contribution in [3.63, 3.8) is 0 Å². The van der Waals surface area contributed by atoms with Crippen LogP contribution in [0.15, 0.2) is 51.8 Å². The van der Waals surface area contributed by atoms with Crippen LogP contribution in [-0.2, 0) is 16.6 Å². The standard InChI is InChI=1S/C18H18BrF2N3O3S/c19-14-2-1-3-17(10-14)28(26,27)24-6-4-23(5-7-24)18(25)22-12-13-8-15(20)11-16(21)9-13/h1-3,8-11H,4-7,12H2,(H,22,25). The maximum absolute atomic E-state index is 13.2. The molecule has 3 rings (SSSR count). The molecular weight excluding hydrogens is 456 g/mol. The predicted molar refractivity (Wildman–Crippen MR) is 103 cm³/mol. The molecule has 2 amide bonds. The van der Waals surface area contributed by atoms with Crippen molar-refractivity contribution in [3.8, 4) is 0 Å². The first-order chi connectivity index (χ1) is 13.3. The number of rotatable bonds is 4. The highest BCUT2D eigenvalue weighted by atomic mass is 79.9. The van der Waals surface area contributed by atoms with Gasteiger partial charge >= 0.3 is 6.03 Å². The number of hydrogen-bond acceptors (Lipinski definition) is 3. The van der Waals surface area contributed by atoms with Crippen molar-refractivity contribution in [2.75, 3.05) is 26.2 Å². The number of amides is 2. The highest BCUT2D eigenvalue weighted by Gasteiger charge is 2.30. The Morgan fingerprint density at radius 1 is 1.04 bits per heavy atom. The molecule has 1 N–H and O–H groups in total. The summed E-state index contributed by atoms with van der Waals surface area (Å²) in [5.41, 5.74) is 0.307. The van der Waals surface area contributed by atoms with E-state index in [0.717, 1.165) is 18.2 Å². The lowest BCUT2D eigenvalue weighted by Crippen LogP contribution is -2.52. The third-order valence-electron chi connectivity index (χ3n) is 4.33. The molecule has 0 aliphatic carbocycles. The lowest BCUT2D eigenvalue weighted by molar-refractivity contribution is 0.172. The summed E-state index contributed by atoms with van der Waals surface area (Å²) >= 11 is 3.26. The molecule has 10 heteroatoms. The van der Waals surface area contributed by atoms with Crippen LogP contribution in [-0.4, -0.2) is 49.8 Å². The molecule has 1 aliphatic heterocycles. The van der Waals surface area contributed by atoms with E-state index in [1.807, 2.05) is 0 Å². The minimum Gasteiger partial charge on any atom is -0.334 e. The number of hydrogen-bond donors (Lipinski definition) is 1. The summed E-state index contributed by atoms with van der Waals surface area (Å²) in [4.78, 5) is 13.9. The third kappa shape index (κ3) is 4.86. The van der Waals surface area contributed by atoms with Crippen LogP contribution >= 0.6 is 15.9 Å². The van der Waals surface area contributed by atoms with E-state index < -0.39 is 27.7 Å². The molecule has 28 heavy (non-hydrogen) atoms. The fourth-order valence-corrected chi connectivity index (χ4v) is 4.93. The third-order valence-corrected chi connectivity index (χ3v) is 6.71. The summed E-state index contributed by atoms with van der Waals surface area (Å²) < 4.78 is 53.8. The molecule has 0 spiro atoms. The van der Waals surface area contributed by atoms with Crippen LogP contribution < -0.4 is 5.32 Å². The summed E-state index contributed by atoms with van der Waals surface area (Å²) in [5, 5.41) is 2.60. The molecule has 1 saturated heterocycles. The average Bonchev–Trinajstić information content (AvgIpc) is 2.65. The smallest absolute Gasteiger partial charge is 0.317 e. The quantitative estimate of drug-likeness (QED) is 0.741. The van der Waals surface area contributed by atoms with E-state index in [0.29, 0.717) is 10.0 Å². The Balaban J connectivity index is 1.56. The molecule has 1 aliphatic rings. The van der Waals surface area contributed by atoms with E-state index in [1.165, 1.54) is 21.3 Å². The van der Waals surface area contributed by atoms with Gasteiger partial charge in [0.15, 0.2) is 0 Å². The van der Waals surface area contributed by atoms with Gasteiger partial charge in [0.2, 0.25) is 10.0 Å². The van der Waals surface area contributed by atoms with Crippen molar-refractivity contribution in [1.29, 1.82) is 0 Å². The molecule has 2 aromatic carbocycles. The van der Waals surface area contributed by atoms with E-state index in [9.17, 15) is 22.0 Å². The van der Waals surface area contributed by atoms with E-state index in [-0.39, 0.29) is 37.6 Å². The Morgan fingerprint density at radius 3 is 2.29 bits per heavy atom. The van der Waals surface area contributed by atoms with Gasteiger partial charge in [0.1, 0.15) is 11.6 Å². The molecule has 0 saturated carbocycles. The Morgan fingerprint density at radius 2 is 1.68 bits per heavy atom. The van der Waals surface area contributed by atoms with Crippen LogP contribution in [0.25, 0.3) is 0 Å². The fourth-order valence-electron chi connectivity index (χ4n) is 2.91. The number of benzene rings is 2. The van der Waals surface area contributed by atoms with Crippen LogP contribution in [0.1, 0.15) is 5.56 Å². The molecule has 0 unspecified atom stereocenters. The molecule has 1 fully saturated rings. The Bertz CT molecular complexity index is 960. The SMILES string of the molecule is O=C(NCc1cc(F)cc(F)c1)N1CCN(S(=O)(=O)c2cccc(Br)c2)CC1. The Kier molecular flexibility index (Phi) is 6.31. The number of halogens is 3. The van der Waals surface area contributed by atoms with Crippen LogP contribution in [0.5, 0.6) is 0 Å². The van der Waals surface area contributed by atoms with Crippen LogP contribution in [0.4, 0.5) is 13.6 Å². The van der Waals surface area contributed by atoms with Gasteiger partial charge in [-0.2, -0.15) is 4.31 Å². The second kappa shape index (κ2) is 8.54. The number of carbonyl (C=O) groups excluding carboxylic acids is 1. The monoisotopic (exact) mass is 473 g/mol.